The van der Waals surface area contributed by atoms with Crippen molar-refractivity contribution in [3.8, 4) is 5.75 Å². The van der Waals surface area contributed by atoms with Gasteiger partial charge in [0.15, 0.2) is 0 Å². The van der Waals surface area contributed by atoms with Gasteiger partial charge >= 0.3 is 5.63 Å². The fourth-order valence-corrected chi connectivity index (χ4v) is 3.41. The Labute approximate surface area is 165 Å². The van der Waals surface area contributed by atoms with Crippen molar-refractivity contribution < 1.29 is 13.9 Å². The Hall–Kier alpha value is -2.60. The van der Waals surface area contributed by atoms with Gasteiger partial charge in [0.25, 0.3) is 0 Å². The number of nitrogens with zero attached hydrogens (tertiary/aromatic N) is 2. The second-order valence-electron chi connectivity index (χ2n) is 7.58. The van der Waals surface area contributed by atoms with Crippen LogP contribution in [0.15, 0.2) is 39.6 Å². The van der Waals surface area contributed by atoms with Gasteiger partial charge < -0.3 is 19.0 Å². The highest BCUT2D eigenvalue weighted by molar-refractivity contribution is 5.82. The Bertz CT molecular complexity index is 939. The number of likely N-dealkylation sites (N-methyl/N-ethyl adjacent to an activating group) is 1. The molecule has 0 unspecified atom stereocenters. The highest BCUT2D eigenvalue weighted by atomic mass is 16.5. The van der Waals surface area contributed by atoms with Crippen LogP contribution in [0.4, 0.5) is 0 Å². The van der Waals surface area contributed by atoms with E-state index in [0.29, 0.717) is 36.3 Å². The number of ether oxygens (including phenoxy) is 1. The van der Waals surface area contributed by atoms with Crippen molar-refractivity contribution in [2.45, 2.75) is 26.7 Å². The summed E-state index contributed by atoms with van der Waals surface area (Å²) in [5.41, 5.74) is 2.47. The lowest BCUT2D eigenvalue weighted by atomic mass is 10.0. The third kappa shape index (κ3) is 4.62. The Morgan fingerprint density at radius 3 is 2.64 bits per heavy atom. The fourth-order valence-electron chi connectivity index (χ4n) is 3.41. The van der Waals surface area contributed by atoms with E-state index >= 15 is 0 Å². The van der Waals surface area contributed by atoms with Crippen LogP contribution in [-0.2, 0) is 11.2 Å². The van der Waals surface area contributed by atoms with E-state index in [-0.39, 0.29) is 11.5 Å². The van der Waals surface area contributed by atoms with E-state index in [9.17, 15) is 9.59 Å². The lowest BCUT2D eigenvalue weighted by Crippen LogP contribution is -2.47. The largest absolute Gasteiger partial charge is 0.489 e. The van der Waals surface area contributed by atoms with Gasteiger partial charge in [0.2, 0.25) is 5.91 Å². The number of carbonyl (C=O) groups excluding carboxylic acids is 1. The minimum Gasteiger partial charge on any atom is -0.489 e. The Kier molecular flexibility index (Phi) is 6.19. The van der Waals surface area contributed by atoms with Crippen molar-refractivity contribution in [1.29, 1.82) is 0 Å². The van der Waals surface area contributed by atoms with Gasteiger partial charge in [0.05, 0.1) is 0 Å². The van der Waals surface area contributed by atoms with Crippen LogP contribution >= 0.6 is 0 Å². The van der Waals surface area contributed by atoms with E-state index in [2.05, 4.69) is 18.5 Å². The van der Waals surface area contributed by atoms with E-state index in [1.54, 1.807) is 6.07 Å². The smallest absolute Gasteiger partial charge is 0.339 e. The molecule has 1 aliphatic rings. The maximum absolute atomic E-state index is 12.5. The van der Waals surface area contributed by atoms with Gasteiger partial charge in [-0.1, -0.05) is 6.58 Å². The monoisotopic (exact) mass is 384 g/mol. The van der Waals surface area contributed by atoms with E-state index in [0.717, 1.165) is 42.7 Å². The molecule has 0 atom stereocenters. The Morgan fingerprint density at radius 2 is 1.96 bits per heavy atom. The van der Waals surface area contributed by atoms with Gasteiger partial charge in [0, 0.05) is 49.6 Å². The molecule has 0 aliphatic carbocycles. The molecule has 1 aliphatic heterocycles. The van der Waals surface area contributed by atoms with Crippen molar-refractivity contribution in [2.75, 3.05) is 39.8 Å². The first-order valence-electron chi connectivity index (χ1n) is 9.65. The lowest BCUT2D eigenvalue weighted by Gasteiger charge is -2.32. The topological polar surface area (TPSA) is 63.0 Å². The molecule has 0 saturated carbocycles. The zero-order chi connectivity index (χ0) is 20.3. The van der Waals surface area contributed by atoms with Crippen molar-refractivity contribution in [3.05, 3.63) is 51.9 Å². The van der Waals surface area contributed by atoms with Gasteiger partial charge in [-0.25, -0.2) is 4.79 Å². The van der Waals surface area contributed by atoms with Crippen molar-refractivity contribution in [1.82, 2.24) is 9.80 Å². The van der Waals surface area contributed by atoms with Gasteiger partial charge in [-0.15, -0.1) is 0 Å². The number of hydrogen-bond acceptors (Lipinski definition) is 5. The number of rotatable bonds is 6. The molecular formula is C22H28N2O4. The van der Waals surface area contributed by atoms with Crippen molar-refractivity contribution >= 4 is 16.9 Å². The minimum atomic E-state index is -0.381. The molecule has 6 heteroatoms. The molecule has 2 aromatic rings. The molecule has 1 aromatic carbocycles. The molecule has 1 aromatic heterocycles. The predicted octanol–water partition coefficient (Wildman–Crippen LogP) is 2.76. The number of hydrogen-bond donors (Lipinski definition) is 0. The zero-order valence-corrected chi connectivity index (χ0v) is 16.9. The van der Waals surface area contributed by atoms with Gasteiger partial charge in [-0.2, -0.15) is 0 Å². The lowest BCUT2D eigenvalue weighted by molar-refractivity contribution is -0.132. The van der Waals surface area contributed by atoms with Crippen LogP contribution in [0.5, 0.6) is 5.75 Å². The fraction of sp³-hybridized carbons (Fsp3) is 0.455. The summed E-state index contributed by atoms with van der Waals surface area (Å²) < 4.78 is 11.1. The summed E-state index contributed by atoms with van der Waals surface area (Å²) in [4.78, 5) is 29.1. The molecule has 150 valence electrons. The van der Waals surface area contributed by atoms with Crippen LogP contribution in [0.3, 0.4) is 0 Å². The van der Waals surface area contributed by atoms with Crippen molar-refractivity contribution in [3.63, 3.8) is 0 Å². The number of fused-ring (bicyclic) bond motifs is 1. The molecule has 6 nitrogen and oxygen atoms in total. The van der Waals surface area contributed by atoms with Crippen LogP contribution < -0.4 is 10.4 Å². The summed E-state index contributed by atoms with van der Waals surface area (Å²) in [6.07, 6.45) is 0.712. The molecule has 1 fully saturated rings. The first kappa shape index (κ1) is 20.1. The third-order valence-electron chi connectivity index (χ3n) is 5.19. The van der Waals surface area contributed by atoms with Gasteiger partial charge in [-0.3, -0.25) is 4.79 Å². The first-order valence-corrected chi connectivity index (χ1v) is 9.65. The van der Waals surface area contributed by atoms with Gasteiger partial charge in [-0.05, 0) is 50.6 Å². The molecule has 0 N–H and O–H groups in total. The highest BCUT2D eigenvalue weighted by Gasteiger charge is 2.20. The maximum atomic E-state index is 12.5. The highest BCUT2D eigenvalue weighted by Crippen LogP contribution is 2.25. The summed E-state index contributed by atoms with van der Waals surface area (Å²) in [7, 11) is 2.06. The van der Waals surface area contributed by atoms with Gasteiger partial charge in [0.1, 0.15) is 17.9 Å². The third-order valence-corrected chi connectivity index (χ3v) is 5.19. The molecule has 0 bridgehead atoms. The molecule has 0 spiro atoms. The molecule has 2 heterocycles. The zero-order valence-electron chi connectivity index (χ0n) is 16.9. The summed E-state index contributed by atoms with van der Waals surface area (Å²) in [5.74, 6) is 0.728. The first-order chi connectivity index (χ1) is 13.3. The quantitative estimate of drug-likeness (QED) is 0.566. The number of piperazine rings is 1. The Morgan fingerprint density at radius 1 is 1.25 bits per heavy atom. The summed E-state index contributed by atoms with van der Waals surface area (Å²) >= 11 is 0. The second-order valence-corrected chi connectivity index (χ2v) is 7.58. The number of benzene rings is 1. The Balaban J connectivity index is 1.74. The van der Waals surface area contributed by atoms with Crippen LogP contribution in [0.2, 0.25) is 0 Å². The molecule has 1 amide bonds. The molecular weight excluding hydrogens is 356 g/mol. The molecule has 3 rings (SSSR count). The molecule has 28 heavy (non-hydrogen) atoms. The standard InChI is InChI=1S/C22H28N2O4/c1-15(2)14-27-17-5-6-18-16(3)19(22(26)28-20(18)13-17)7-8-21(25)24-11-9-23(4)10-12-24/h5-6,13H,1,7-12,14H2,2-4H3. The average molecular weight is 384 g/mol. The van der Waals surface area contributed by atoms with Crippen LogP contribution in [0.1, 0.15) is 24.5 Å². The van der Waals surface area contributed by atoms with E-state index in [1.165, 1.54) is 0 Å². The van der Waals surface area contributed by atoms with Crippen LogP contribution in [-0.4, -0.2) is 55.5 Å². The SMILES string of the molecule is C=C(C)COc1ccc2c(C)c(CCC(=O)N3CCN(C)CC3)c(=O)oc2c1. The van der Waals surface area contributed by atoms with Crippen molar-refractivity contribution in [2.24, 2.45) is 0 Å². The maximum Gasteiger partial charge on any atom is 0.339 e. The van der Waals surface area contributed by atoms with E-state index in [4.69, 9.17) is 9.15 Å². The second kappa shape index (κ2) is 8.61. The summed E-state index contributed by atoms with van der Waals surface area (Å²) in [6.45, 7) is 11.3. The summed E-state index contributed by atoms with van der Waals surface area (Å²) in [6, 6.07) is 5.48. The van der Waals surface area contributed by atoms with Crippen LogP contribution in [0, 0.1) is 6.92 Å². The number of amides is 1. The number of aryl methyl sites for hydroxylation is 1. The number of carbonyl (C=O) groups is 1. The minimum absolute atomic E-state index is 0.0931. The predicted molar refractivity (Wildman–Crippen MR) is 110 cm³/mol. The average Bonchev–Trinajstić information content (AvgIpc) is 2.66. The summed E-state index contributed by atoms with van der Waals surface area (Å²) in [5, 5.41) is 0.865. The van der Waals surface area contributed by atoms with E-state index < -0.39 is 0 Å². The molecule has 1 saturated heterocycles. The normalized spacial score (nSPS) is 15.0. The van der Waals surface area contributed by atoms with E-state index in [1.807, 2.05) is 30.9 Å². The van der Waals surface area contributed by atoms with Crippen LogP contribution in [0.25, 0.3) is 11.0 Å². The molecule has 0 radical (unpaired) electrons.